The highest BCUT2D eigenvalue weighted by atomic mass is 16.6. The molecule has 1 aliphatic carbocycles. The van der Waals surface area contributed by atoms with E-state index in [1.807, 2.05) is 0 Å². The maximum absolute atomic E-state index is 12.5. The SMILES string of the molecule is CCCC1CCC(C(=O)Oc2ccc(/C=C/C(=O)OCCOC(=O)c3cc(N)cc(N)c3)cc2)CC1. The molecule has 1 fully saturated rings. The maximum Gasteiger partial charge on any atom is 0.338 e. The molecule has 0 spiro atoms. The number of rotatable bonds is 10. The average Bonchev–Trinajstić information content (AvgIpc) is 2.86. The predicted octanol–water partition coefficient (Wildman–Crippen LogP) is 4.78. The van der Waals surface area contributed by atoms with Gasteiger partial charge in [0.2, 0.25) is 0 Å². The van der Waals surface area contributed by atoms with E-state index in [2.05, 4.69) is 6.92 Å². The predicted molar refractivity (Wildman–Crippen MR) is 138 cm³/mol. The zero-order valence-corrected chi connectivity index (χ0v) is 20.6. The van der Waals surface area contributed by atoms with E-state index in [0.717, 1.165) is 37.2 Å². The first kappa shape index (κ1) is 26.8. The fourth-order valence-electron chi connectivity index (χ4n) is 4.31. The summed E-state index contributed by atoms with van der Waals surface area (Å²) in [6.45, 7) is 2.00. The van der Waals surface area contributed by atoms with Gasteiger partial charge in [0.05, 0.1) is 11.5 Å². The number of carbonyl (C=O) groups is 3. The van der Waals surface area contributed by atoms with E-state index in [-0.39, 0.29) is 30.7 Å². The lowest BCUT2D eigenvalue weighted by atomic mass is 9.80. The minimum absolute atomic E-state index is 0.0318. The van der Waals surface area contributed by atoms with Crippen LogP contribution in [0.1, 0.15) is 61.4 Å². The molecule has 0 bridgehead atoms. The fourth-order valence-corrected chi connectivity index (χ4v) is 4.31. The first-order chi connectivity index (χ1) is 17.3. The van der Waals surface area contributed by atoms with Crippen molar-refractivity contribution < 1.29 is 28.6 Å². The van der Waals surface area contributed by atoms with E-state index < -0.39 is 11.9 Å². The molecular formula is C28H34N2O6. The molecule has 0 unspecified atom stereocenters. The highest BCUT2D eigenvalue weighted by Crippen LogP contribution is 2.32. The van der Waals surface area contributed by atoms with Crippen LogP contribution in [-0.4, -0.2) is 31.1 Å². The summed E-state index contributed by atoms with van der Waals surface area (Å²) in [4.78, 5) is 36.4. The molecule has 0 radical (unpaired) electrons. The van der Waals surface area contributed by atoms with Gasteiger partial charge in [-0.05, 0) is 73.6 Å². The van der Waals surface area contributed by atoms with Gasteiger partial charge in [0.15, 0.2) is 0 Å². The second-order valence-corrected chi connectivity index (χ2v) is 9.02. The number of hydrogen-bond donors (Lipinski definition) is 2. The van der Waals surface area contributed by atoms with Crippen molar-refractivity contribution in [3.8, 4) is 5.75 Å². The lowest BCUT2D eigenvalue weighted by molar-refractivity contribution is -0.140. The number of esters is 3. The van der Waals surface area contributed by atoms with Crippen molar-refractivity contribution in [1.82, 2.24) is 0 Å². The summed E-state index contributed by atoms with van der Waals surface area (Å²) in [5.41, 5.74) is 13.0. The molecule has 3 rings (SSSR count). The van der Waals surface area contributed by atoms with Gasteiger partial charge in [-0.1, -0.05) is 31.9 Å². The highest BCUT2D eigenvalue weighted by molar-refractivity contribution is 5.91. The van der Waals surface area contributed by atoms with Crippen LogP contribution in [0.25, 0.3) is 6.08 Å². The van der Waals surface area contributed by atoms with Gasteiger partial charge >= 0.3 is 17.9 Å². The molecule has 0 saturated heterocycles. The van der Waals surface area contributed by atoms with E-state index in [1.165, 1.54) is 37.1 Å². The smallest absolute Gasteiger partial charge is 0.338 e. The molecule has 8 heteroatoms. The van der Waals surface area contributed by atoms with Crippen LogP contribution in [-0.2, 0) is 19.1 Å². The van der Waals surface area contributed by atoms with Crippen molar-refractivity contribution in [2.24, 2.45) is 11.8 Å². The summed E-state index contributed by atoms with van der Waals surface area (Å²) in [5.74, 6) is -0.161. The van der Waals surface area contributed by atoms with Gasteiger partial charge in [0.25, 0.3) is 0 Å². The summed E-state index contributed by atoms with van der Waals surface area (Å²) in [6, 6.07) is 11.4. The van der Waals surface area contributed by atoms with Crippen molar-refractivity contribution in [2.75, 3.05) is 24.7 Å². The Bertz CT molecular complexity index is 1050. The maximum atomic E-state index is 12.5. The third-order valence-corrected chi connectivity index (χ3v) is 6.16. The van der Waals surface area contributed by atoms with Gasteiger partial charge in [-0.25, -0.2) is 9.59 Å². The molecule has 0 amide bonds. The lowest BCUT2D eigenvalue weighted by Gasteiger charge is -2.26. The van der Waals surface area contributed by atoms with E-state index in [9.17, 15) is 14.4 Å². The Kier molecular flexibility index (Phi) is 9.92. The molecule has 4 N–H and O–H groups in total. The molecule has 36 heavy (non-hydrogen) atoms. The van der Waals surface area contributed by atoms with Gasteiger partial charge in [-0.2, -0.15) is 0 Å². The van der Waals surface area contributed by atoms with Crippen LogP contribution in [0.3, 0.4) is 0 Å². The van der Waals surface area contributed by atoms with Crippen molar-refractivity contribution >= 4 is 35.4 Å². The molecular weight excluding hydrogens is 460 g/mol. The number of hydrogen-bond acceptors (Lipinski definition) is 8. The first-order valence-corrected chi connectivity index (χ1v) is 12.3. The quantitative estimate of drug-likeness (QED) is 0.159. The van der Waals surface area contributed by atoms with Gasteiger partial charge in [0.1, 0.15) is 19.0 Å². The van der Waals surface area contributed by atoms with Crippen LogP contribution in [0.5, 0.6) is 5.75 Å². The Balaban J connectivity index is 1.36. The van der Waals surface area contributed by atoms with Gasteiger partial charge < -0.3 is 25.7 Å². The molecule has 0 heterocycles. The zero-order chi connectivity index (χ0) is 25.9. The topological polar surface area (TPSA) is 131 Å². The number of ether oxygens (including phenoxy) is 3. The number of carbonyl (C=O) groups excluding carboxylic acids is 3. The molecule has 8 nitrogen and oxygen atoms in total. The number of nitrogen functional groups attached to an aromatic ring is 2. The normalized spacial score (nSPS) is 17.5. The molecule has 0 aliphatic heterocycles. The van der Waals surface area contributed by atoms with Crippen LogP contribution in [0.2, 0.25) is 0 Å². The van der Waals surface area contributed by atoms with Crippen LogP contribution >= 0.6 is 0 Å². The van der Waals surface area contributed by atoms with Crippen molar-refractivity contribution in [1.29, 1.82) is 0 Å². The summed E-state index contributed by atoms with van der Waals surface area (Å²) < 4.78 is 15.7. The Morgan fingerprint density at radius 2 is 1.56 bits per heavy atom. The Morgan fingerprint density at radius 3 is 2.19 bits per heavy atom. The number of anilines is 2. The highest BCUT2D eigenvalue weighted by Gasteiger charge is 2.27. The fraction of sp³-hybridized carbons (Fsp3) is 0.393. The molecule has 1 aliphatic rings. The summed E-state index contributed by atoms with van der Waals surface area (Å²) >= 11 is 0. The Morgan fingerprint density at radius 1 is 0.917 bits per heavy atom. The molecule has 2 aromatic rings. The van der Waals surface area contributed by atoms with E-state index >= 15 is 0 Å². The van der Waals surface area contributed by atoms with E-state index in [1.54, 1.807) is 30.3 Å². The summed E-state index contributed by atoms with van der Waals surface area (Å²) in [5, 5.41) is 0. The molecule has 192 valence electrons. The van der Waals surface area contributed by atoms with Gasteiger partial charge in [0, 0.05) is 17.5 Å². The second-order valence-electron chi connectivity index (χ2n) is 9.02. The number of nitrogens with two attached hydrogens (primary N) is 2. The standard InChI is InChI=1S/C28H34N2O6/c1-2-3-19-4-9-21(10-5-19)28(33)36-25-11-6-20(7-12-25)8-13-26(31)34-14-15-35-27(32)22-16-23(29)18-24(30)17-22/h6-8,11-13,16-19,21H,2-5,9-10,14-15,29-30H2,1H3/b13-8+. The van der Waals surface area contributed by atoms with E-state index in [4.69, 9.17) is 25.7 Å². The average molecular weight is 495 g/mol. The Hall–Kier alpha value is -3.81. The van der Waals surface area contributed by atoms with Crippen LogP contribution in [0, 0.1) is 11.8 Å². The second kappa shape index (κ2) is 13.3. The Labute approximate surface area is 211 Å². The summed E-state index contributed by atoms with van der Waals surface area (Å²) in [7, 11) is 0. The monoisotopic (exact) mass is 494 g/mol. The zero-order valence-electron chi connectivity index (χ0n) is 20.6. The van der Waals surface area contributed by atoms with Crippen molar-refractivity contribution in [3.05, 3.63) is 59.7 Å². The van der Waals surface area contributed by atoms with Crippen molar-refractivity contribution in [2.45, 2.75) is 45.4 Å². The van der Waals surface area contributed by atoms with Gasteiger partial charge in [-0.3, -0.25) is 4.79 Å². The number of benzene rings is 2. The minimum Gasteiger partial charge on any atom is -0.459 e. The van der Waals surface area contributed by atoms with Crippen molar-refractivity contribution in [3.63, 3.8) is 0 Å². The first-order valence-electron chi connectivity index (χ1n) is 12.3. The third kappa shape index (κ3) is 8.45. The largest absolute Gasteiger partial charge is 0.459 e. The van der Waals surface area contributed by atoms with Crippen LogP contribution in [0.15, 0.2) is 48.5 Å². The molecule has 2 aromatic carbocycles. The molecule has 0 aromatic heterocycles. The third-order valence-electron chi connectivity index (χ3n) is 6.16. The minimum atomic E-state index is -0.606. The van der Waals surface area contributed by atoms with Crippen LogP contribution < -0.4 is 16.2 Å². The van der Waals surface area contributed by atoms with E-state index in [0.29, 0.717) is 17.1 Å². The van der Waals surface area contributed by atoms with Crippen LogP contribution in [0.4, 0.5) is 11.4 Å². The molecule has 1 saturated carbocycles. The lowest BCUT2D eigenvalue weighted by Crippen LogP contribution is -2.25. The van der Waals surface area contributed by atoms with Gasteiger partial charge in [-0.15, -0.1) is 0 Å². The summed E-state index contributed by atoms with van der Waals surface area (Å²) in [6.07, 6.45) is 9.25. The molecule has 0 atom stereocenters.